The second-order valence-electron chi connectivity index (χ2n) is 6.90. The summed E-state index contributed by atoms with van der Waals surface area (Å²) in [7, 11) is 0. The fraction of sp³-hybridized carbons (Fsp3) is 0.588. The normalized spacial score (nSPS) is 34.1. The summed E-state index contributed by atoms with van der Waals surface area (Å²) < 4.78 is 0. The predicted molar refractivity (Wildman–Crippen MR) is 77.8 cm³/mol. The van der Waals surface area contributed by atoms with Crippen LogP contribution in [0, 0.1) is 23.2 Å². The number of rotatable bonds is 3. The van der Waals surface area contributed by atoms with Crippen LogP contribution in [-0.4, -0.2) is 17.1 Å². The summed E-state index contributed by atoms with van der Waals surface area (Å²) in [5.74, 6) is 0.652. The van der Waals surface area contributed by atoms with E-state index in [2.05, 4.69) is 19.2 Å². The smallest absolute Gasteiger partial charge is 0.226 e. The number of nitrogens with one attached hydrogen (secondary N) is 1. The number of aliphatic hydroxyl groups is 1. The topological polar surface area (TPSA) is 49.3 Å². The van der Waals surface area contributed by atoms with Crippen molar-refractivity contribution in [3.05, 3.63) is 35.9 Å². The Kier molecular flexibility index (Phi) is 3.33. The van der Waals surface area contributed by atoms with E-state index in [1.807, 2.05) is 30.3 Å². The summed E-state index contributed by atoms with van der Waals surface area (Å²) in [6.07, 6.45) is 1.42. The monoisotopic (exact) mass is 273 g/mol. The number of hydrogen-bond donors (Lipinski definition) is 2. The zero-order valence-corrected chi connectivity index (χ0v) is 12.2. The largest absolute Gasteiger partial charge is 0.392 e. The maximum absolute atomic E-state index is 12.3. The van der Waals surface area contributed by atoms with Crippen molar-refractivity contribution in [3.63, 3.8) is 0 Å². The predicted octanol–water partition coefficient (Wildman–Crippen LogP) is 2.35. The van der Waals surface area contributed by atoms with Crippen LogP contribution in [-0.2, 0) is 11.3 Å². The van der Waals surface area contributed by atoms with Crippen LogP contribution in [0.25, 0.3) is 0 Å². The third-order valence-corrected chi connectivity index (χ3v) is 5.56. The highest BCUT2D eigenvalue weighted by Crippen LogP contribution is 2.60. The van der Waals surface area contributed by atoms with Gasteiger partial charge < -0.3 is 10.4 Å². The Morgan fingerprint density at radius 1 is 1.30 bits per heavy atom. The van der Waals surface area contributed by atoms with Gasteiger partial charge in [-0.05, 0) is 35.7 Å². The van der Waals surface area contributed by atoms with Crippen LogP contribution >= 0.6 is 0 Å². The van der Waals surface area contributed by atoms with E-state index in [-0.39, 0.29) is 23.2 Å². The minimum absolute atomic E-state index is 0.00607. The Balaban J connectivity index is 1.59. The number of carbonyl (C=O) groups excluding carboxylic acids is 1. The van der Waals surface area contributed by atoms with Gasteiger partial charge in [0.25, 0.3) is 0 Å². The van der Waals surface area contributed by atoms with Gasteiger partial charge in [-0.3, -0.25) is 4.79 Å². The second kappa shape index (κ2) is 4.88. The van der Waals surface area contributed by atoms with E-state index in [0.29, 0.717) is 12.5 Å². The molecule has 0 radical (unpaired) electrons. The standard InChI is InChI=1S/C17H23NO2/c1-17(2)12-8-13(15(19)14(17)9-12)16(20)18-10-11-6-4-3-5-7-11/h3-7,12-15,19H,8-10H2,1-2H3,(H,18,20)/t12-,13-,14-,15+/m0/s1. The number of amides is 1. The average molecular weight is 273 g/mol. The third kappa shape index (κ3) is 2.14. The van der Waals surface area contributed by atoms with Crippen molar-refractivity contribution in [1.29, 1.82) is 0 Å². The van der Waals surface area contributed by atoms with E-state index in [0.717, 1.165) is 18.4 Å². The lowest BCUT2D eigenvalue weighted by Gasteiger charge is -2.60. The molecule has 0 aliphatic heterocycles. The molecule has 2 bridgehead atoms. The van der Waals surface area contributed by atoms with Crippen molar-refractivity contribution >= 4 is 5.91 Å². The van der Waals surface area contributed by atoms with Crippen LogP contribution in [0.2, 0.25) is 0 Å². The van der Waals surface area contributed by atoms with Crippen LogP contribution in [0.4, 0.5) is 0 Å². The van der Waals surface area contributed by atoms with E-state index in [9.17, 15) is 9.90 Å². The Hall–Kier alpha value is -1.35. The van der Waals surface area contributed by atoms with Crippen LogP contribution in [0.15, 0.2) is 30.3 Å². The van der Waals surface area contributed by atoms with Crippen molar-refractivity contribution in [2.45, 2.75) is 39.3 Å². The zero-order chi connectivity index (χ0) is 14.3. The summed E-state index contributed by atoms with van der Waals surface area (Å²) in [6.45, 7) is 4.97. The van der Waals surface area contributed by atoms with Crippen molar-refractivity contribution in [2.24, 2.45) is 23.2 Å². The molecule has 3 heteroatoms. The molecule has 3 aliphatic carbocycles. The first-order valence-electron chi connectivity index (χ1n) is 7.50. The van der Waals surface area contributed by atoms with Crippen LogP contribution in [0.5, 0.6) is 0 Å². The summed E-state index contributed by atoms with van der Waals surface area (Å²) in [6, 6.07) is 9.89. The van der Waals surface area contributed by atoms with E-state index in [4.69, 9.17) is 0 Å². The van der Waals surface area contributed by atoms with Gasteiger partial charge in [0.1, 0.15) is 0 Å². The summed E-state index contributed by atoms with van der Waals surface area (Å²) in [5.41, 5.74) is 1.30. The highest BCUT2D eigenvalue weighted by molar-refractivity contribution is 5.79. The van der Waals surface area contributed by atoms with Gasteiger partial charge in [-0.1, -0.05) is 44.2 Å². The van der Waals surface area contributed by atoms with Crippen molar-refractivity contribution in [2.75, 3.05) is 0 Å². The Morgan fingerprint density at radius 2 is 2.00 bits per heavy atom. The van der Waals surface area contributed by atoms with Crippen molar-refractivity contribution < 1.29 is 9.90 Å². The minimum atomic E-state index is -0.481. The molecule has 0 saturated heterocycles. The number of fused-ring (bicyclic) bond motifs is 2. The Morgan fingerprint density at radius 3 is 2.60 bits per heavy atom. The molecule has 3 fully saturated rings. The van der Waals surface area contributed by atoms with Crippen LogP contribution in [0.1, 0.15) is 32.3 Å². The van der Waals surface area contributed by atoms with Gasteiger partial charge in [0, 0.05) is 6.54 Å². The zero-order valence-electron chi connectivity index (χ0n) is 12.2. The average Bonchev–Trinajstić information content (AvgIpc) is 2.45. The highest BCUT2D eigenvalue weighted by atomic mass is 16.3. The lowest BCUT2D eigenvalue weighted by atomic mass is 9.45. The molecule has 3 saturated carbocycles. The quantitative estimate of drug-likeness (QED) is 0.888. The van der Waals surface area contributed by atoms with Gasteiger partial charge in [0.15, 0.2) is 0 Å². The first-order chi connectivity index (χ1) is 9.50. The van der Waals surface area contributed by atoms with Crippen LogP contribution in [0.3, 0.4) is 0 Å². The van der Waals surface area contributed by atoms with Gasteiger partial charge in [-0.2, -0.15) is 0 Å². The van der Waals surface area contributed by atoms with Crippen LogP contribution < -0.4 is 5.32 Å². The minimum Gasteiger partial charge on any atom is -0.392 e. The fourth-order valence-electron chi connectivity index (χ4n) is 3.94. The first-order valence-corrected chi connectivity index (χ1v) is 7.50. The van der Waals surface area contributed by atoms with Gasteiger partial charge in [-0.25, -0.2) is 0 Å². The van der Waals surface area contributed by atoms with Crippen molar-refractivity contribution in [3.8, 4) is 0 Å². The van der Waals surface area contributed by atoms with Crippen molar-refractivity contribution in [1.82, 2.24) is 5.32 Å². The summed E-state index contributed by atoms with van der Waals surface area (Å²) in [4.78, 5) is 12.3. The molecule has 0 spiro atoms. The SMILES string of the molecule is CC1(C)[C@H]2C[C@H](C(=O)NCc3ccccc3)[C@@H](O)[C@@H]1C2. The number of carbonyl (C=O) groups is 1. The first kappa shape index (κ1) is 13.6. The molecule has 0 aromatic heterocycles. The third-order valence-electron chi connectivity index (χ3n) is 5.56. The Labute approximate surface area is 120 Å². The maximum atomic E-state index is 12.3. The summed E-state index contributed by atoms with van der Waals surface area (Å²) in [5, 5.41) is 13.4. The molecule has 1 amide bonds. The number of hydrogen-bond acceptors (Lipinski definition) is 2. The molecule has 1 aromatic carbocycles. The maximum Gasteiger partial charge on any atom is 0.226 e. The number of aliphatic hydroxyl groups excluding tert-OH is 1. The van der Waals surface area contributed by atoms with Gasteiger partial charge in [0.05, 0.1) is 12.0 Å². The highest BCUT2D eigenvalue weighted by Gasteiger charge is 2.58. The van der Waals surface area contributed by atoms with E-state index in [1.165, 1.54) is 0 Å². The second-order valence-corrected chi connectivity index (χ2v) is 6.90. The molecule has 3 aliphatic rings. The molecule has 1 aromatic rings. The molecular formula is C17H23NO2. The molecular weight excluding hydrogens is 250 g/mol. The molecule has 4 atom stereocenters. The summed E-state index contributed by atoms with van der Waals surface area (Å²) >= 11 is 0. The molecule has 0 unspecified atom stereocenters. The number of benzene rings is 1. The lowest BCUT2D eigenvalue weighted by molar-refractivity contribution is -0.178. The fourth-order valence-corrected chi connectivity index (χ4v) is 3.94. The molecule has 108 valence electrons. The molecule has 2 N–H and O–H groups in total. The van der Waals surface area contributed by atoms with E-state index < -0.39 is 6.10 Å². The van der Waals surface area contributed by atoms with Gasteiger partial charge in [0.2, 0.25) is 5.91 Å². The van der Waals surface area contributed by atoms with E-state index >= 15 is 0 Å². The van der Waals surface area contributed by atoms with Gasteiger partial charge in [-0.15, -0.1) is 0 Å². The van der Waals surface area contributed by atoms with E-state index in [1.54, 1.807) is 0 Å². The molecule has 4 rings (SSSR count). The molecule has 0 heterocycles. The van der Waals surface area contributed by atoms with Gasteiger partial charge >= 0.3 is 0 Å². The Bertz CT molecular complexity index is 497. The molecule has 20 heavy (non-hydrogen) atoms. The molecule has 3 nitrogen and oxygen atoms in total. The lowest BCUT2D eigenvalue weighted by Crippen LogP contribution is -2.60.